The van der Waals surface area contributed by atoms with E-state index < -0.39 is 5.97 Å². The number of nitrogens with one attached hydrogen (secondary N) is 1. The van der Waals surface area contributed by atoms with Crippen molar-refractivity contribution in [1.82, 2.24) is 14.8 Å². The zero-order chi connectivity index (χ0) is 25.7. The van der Waals surface area contributed by atoms with Gasteiger partial charge in [0.25, 0.3) is 11.8 Å². The quantitative estimate of drug-likeness (QED) is 0.332. The highest BCUT2D eigenvalue weighted by Gasteiger charge is 2.32. The van der Waals surface area contributed by atoms with Crippen LogP contribution < -0.4 is 0 Å². The van der Waals surface area contributed by atoms with Gasteiger partial charge in [0.05, 0.1) is 12.7 Å². The number of fused-ring (bicyclic) bond motifs is 3. The molecule has 0 fully saturated rings. The van der Waals surface area contributed by atoms with Crippen molar-refractivity contribution < 1.29 is 23.9 Å². The summed E-state index contributed by atoms with van der Waals surface area (Å²) in [6.45, 7) is 1.21. The first-order valence-electron chi connectivity index (χ1n) is 12.3. The van der Waals surface area contributed by atoms with Gasteiger partial charge in [-0.15, -0.1) is 0 Å². The average molecular weight is 496 g/mol. The molecule has 3 amide bonds. The molecule has 0 saturated heterocycles. The number of carbonyl (C=O) groups is 4. The zero-order valence-electron chi connectivity index (χ0n) is 20.4. The van der Waals surface area contributed by atoms with Crippen LogP contribution in [0.2, 0.25) is 0 Å². The van der Waals surface area contributed by atoms with Gasteiger partial charge in [0.15, 0.2) is 0 Å². The summed E-state index contributed by atoms with van der Waals surface area (Å²) in [5.41, 5.74) is 4.50. The normalized spacial score (nSPS) is 14.8. The standard InChI is InChI=1S/C29H25N3O5/c1-37-29(36)18-10-11-23-21(15-18)22-16-31(14-12-24(22)30-23)25(33)9-4-13-32-27(34)19-7-2-5-17-6-3-8-20(26(17)19)28(32)35/h2-3,5-8,10-11,15,30H,4,9,12-14,16H2,1H3. The smallest absolute Gasteiger partial charge is 0.337 e. The third-order valence-electron chi connectivity index (χ3n) is 7.38. The van der Waals surface area contributed by atoms with Crippen molar-refractivity contribution in [1.29, 1.82) is 0 Å². The van der Waals surface area contributed by atoms with Crippen LogP contribution in [0.1, 0.15) is 55.2 Å². The second-order valence-electron chi connectivity index (χ2n) is 9.47. The number of carbonyl (C=O) groups excluding carboxylic acids is 4. The first-order valence-corrected chi connectivity index (χ1v) is 12.3. The molecule has 37 heavy (non-hydrogen) atoms. The first kappa shape index (κ1) is 23.0. The number of hydrogen-bond acceptors (Lipinski definition) is 5. The molecule has 0 atom stereocenters. The molecular formula is C29H25N3O5. The Morgan fingerprint density at radius 1 is 1.00 bits per heavy atom. The predicted molar refractivity (Wildman–Crippen MR) is 137 cm³/mol. The van der Waals surface area contributed by atoms with E-state index in [0.717, 1.165) is 27.5 Å². The van der Waals surface area contributed by atoms with Crippen molar-refractivity contribution in [2.45, 2.75) is 25.8 Å². The molecule has 3 aromatic carbocycles. The SMILES string of the molecule is COC(=O)c1ccc2[nH]c3c(c2c1)CN(C(=O)CCCN1C(=O)c2cccc4cccc(c24)C1=O)CC3. The average Bonchev–Trinajstić information content (AvgIpc) is 3.30. The Labute approximate surface area is 212 Å². The van der Waals surface area contributed by atoms with Crippen molar-refractivity contribution in [2.75, 3.05) is 20.2 Å². The van der Waals surface area contributed by atoms with Crippen LogP contribution in [0.5, 0.6) is 0 Å². The van der Waals surface area contributed by atoms with Gasteiger partial charge in [-0.1, -0.05) is 24.3 Å². The fourth-order valence-corrected chi connectivity index (χ4v) is 5.50. The molecule has 8 heteroatoms. The van der Waals surface area contributed by atoms with Gasteiger partial charge in [0.2, 0.25) is 5.91 Å². The molecule has 2 aliphatic rings. The molecule has 8 nitrogen and oxygen atoms in total. The molecule has 0 bridgehead atoms. The topological polar surface area (TPSA) is 99.8 Å². The lowest BCUT2D eigenvalue weighted by atomic mass is 9.94. The number of aromatic nitrogens is 1. The van der Waals surface area contributed by atoms with Crippen molar-refractivity contribution in [3.63, 3.8) is 0 Å². The Morgan fingerprint density at radius 2 is 1.73 bits per heavy atom. The number of hydrogen-bond donors (Lipinski definition) is 1. The Bertz CT molecular complexity index is 1570. The molecule has 0 radical (unpaired) electrons. The lowest BCUT2D eigenvalue weighted by Gasteiger charge is -2.29. The Balaban J connectivity index is 1.14. The summed E-state index contributed by atoms with van der Waals surface area (Å²) in [5.74, 6) is -1.06. The van der Waals surface area contributed by atoms with Crippen LogP contribution in [0.25, 0.3) is 21.7 Å². The minimum Gasteiger partial charge on any atom is -0.465 e. The van der Waals surface area contributed by atoms with Gasteiger partial charge in [-0.05, 0) is 42.1 Å². The molecule has 186 valence electrons. The number of rotatable bonds is 5. The predicted octanol–water partition coefficient (Wildman–Crippen LogP) is 4.07. The third kappa shape index (κ3) is 3.76. The van der Waals surface area contributed by atoms with E-state index in [-0.39, 0.29) is 30.7 Å². The number of methoxy groups -OCH3 is 1. The number of benzene rings is 3. The lowest BCUT2D eigenvalue weighted by Crippen LogP contribution is -2.41. The molecule has 2 aliphatic heterocycles. The van der Waals surface area contributed by atoms with Gasteiger partial charge >= 0.3 is 5.97 Å². The summed E-state index contributed by atoms with van der Waals surface area (Å²) in [6, 6.07) is 16.3. The van der Waals surface area contributed by atoms with E-state index >= 15 is 0 Å². The van der Waals surface area contributed by atoms with Crippen LogP contribution in [0, 0.1) is 0 Å². The Kier molecular flexibility index (Phi) is 5.52. The van der Waals surface area contributed by atoms with Crippen LogP contribution >= 0.6 is 0 Å². The first-order chi connectivity index (χ1) is 18.0. The maximum atomic E-state index is 13.1. The van der Waals surface area contributed by atoms with Crippen molar-refractivity contribution >= 4 is 45.4 Å². The lowest BCUT2D eigenvalue weighted by molar-refractivity contribution is -0.132. The van der Waals surface area contributed by atoms with Gasteiger partial charge < -0.3 is 14.6 Å². The van der Waals surface area contributed by atoms with Gasteiger partial charge in [-0.2, -0.15) is 0 Å². The zero-order valence-corrected chi connectivity index (χ0v) is 20.4. The van der Waals surface area contributed by atoms with E-state index in [4.69, 9.17) is 4.74 Å². The summed E-state index contributed by atoms with van der Waals surface area (Å²) < 4.78 is 4.84. The second-order valence-corrected chi connectivity index (χ2v) is 9.47. The van der Waals surface area contributed by atoms with Crippen LogP contribution in [0.3, 0.4) is 0 Å². The molecule has 1 N–H and O–H groups in total. The summed E-state index contributed by atoms with van der Waals surface area (Å²) in [7, 11) is 1.35. The largest absolute Gasteiger partial charge is 0.465 e. The number of H-pyrrole nitrogens is 1. The number of amides is 3. The maximum Gasteiger partial charge on any atom is 0.337 e. The van der Waals surface area contributed by atoms with Gasteiger partial charge in [0, 0.05) is 71.1 Å². The maximum absolute atomic E-state index is 13.1. The fourth-order valence-electron chi connectivity index (χ4n) is 5.50. The number of aromatic amines is 1. The monoisotopic (exact) mass is 495 g/mol. The van der Waals surface area contributed by atoms with Crippen LogP contribution in [0.15, 0.2) is 54.6 Å². The van der Waals surface area contributed by atoms with Gasteiger partial charge in [-0.25, -0.2) is 4.79 Å². The van der Waals surface area contributed by atoms with E-state index in [9.17, 15) is 19.2 Å². The number of nitrogens with zero attached hydrogens (tertiary/aromatic N) is 2. The molecule has 1 aromatic heterocycles. The highest BCUT2D eigenvalue weighted by molar-refractivity contribution is 6.25. The highest BCUT2D eigenvalue weighted by atomic mass is 16.5. The van der Waals surface area contributed by atoms with Crippen molar-refractivity contribution in [3.8, 4) is 0 Å². The van der Waals surface area contributed by atoms with Gasteiger partial charge in [0.1, 0.15) is 0 Å². The minimum atomic E-state index is -0.402. The van der Waals surface area contributed by atoms with Crippen LogP contribution in [0.4, 0.5) is 0 Å². The van der Waals surface area contributed by atoms with E-state index in [1.165, 1.54) is 12.0 Å². The fraction of sp³-hybridized carbons (Fsp3) is 0.241. The van der Waals surface area contributed by atoms with Crippen LogP contribution in [-0.4, -0.2) is 58.7 Å². The molecular weight excluding hydrogens is 470 g/mol. The molecule has 6 rings (SSSR count). The molecule has 4 aromatic rings. The summed E-state index contributed by atoms with van der Waals surface area (Å²) >= 11 is 0. The Morgan fingerprint density at radius 3 is 2.43 bits per heavy atom. The Hall–Kier alpha value is -4.46. The molecule has 0 aliphatic carbocycles. The third-order valence-corrected chi connectivity index (χ3v) is 7.38. The summed E-state index contributed by atoms with van der Waals surface area (Å²) in [4.78, 5) is 57.7. The van der Waals surface area contributed by atoms with E-state index in [2.05, 4.69) is 4.98 Å². The van der Waals surface area contributed by atoms with E-state index in [1.54, 1.807) is 29.2 Å². The number of esters is 1. The van der Waals surface area contributed by atoms with Crippen LogP contribution in [-0.2, 0) is 22.5 Å². The number of ether oxygens (including phenoxy) is 1. The highest BCUT2D eigenvalue weighted by Crippen LogP contribution is 2.31. The van der Waals surface area contributed by atoms with E-state index in [0.29, 0.717) is 48.0 Å². The van der Waals surface area contributed by atoms with Crippen molar-refractivity contribution in [3.05, 3.63) is 82.5 Å². The van der Waals surface area contributed by atoms with E-state index in [1.807, 2.05) is 30.3 Å². The summed E-state index contributed by atoms with van der Waals surface area (Å²) in [6.07, 6.45) is 1.30. The molecule has 3 heterocycles. The van der Waals surface area contributed by atoms with Crippen molar-refractivity contribution in [2.24, 2.45) is 0 Å². The second kappa shape index (κ2) is 8.89. The molecule has 0 unspecified atom stereocenters. The number of imide groups is 1. The minimum absolute atomic E-state index is 0.0245. The molecule has 0 spiro atoms. The molecule has 0 saturated carbocycles. The van der Waals surface area contributed by atoms with Gasteiger partial charge in [-0.3, -0.25) is 19.3 Å². The summed E-state index contributed by atoms with van der Waals surface area (Å²) in [5, 5.41) is 2.48.